The van der Waals surface area contributed by atoms with Gasteiger partial charge in [-0.05, 0) is 37.3 Å². The van der Waals surface area contributed by atoms with Gasteiger partial charge in [0.25, 0.3) is 0 Å². The smallest absolute Gasteiger partial charge is 0.160 e. The standard InChI is InChI=1S/C21H15ClN2/c1-14-6-8-15(9-7-14)20-18-4-2-3-5-19(18)23-21(24-20)16-10-12-17(22)13-11-16/h2-13H,1H3. The Balaban J connectivity index is 1.97. The Morgan fingerprint density at radius 3 is 2.12 bits per heavy atom. The van der Waals surface area contributed by atoms with E-state index in [1.165, 1.54) is 5.56 Å². The van der Waals surface area contributed by atoms with Crippen LogP contribution in [0.5, 0.6) is 0 Å². The largest absolute Gasteiger partial charge is 0.228 e. The fourth-order valence-corrected chi connectivity index (χ4v) is 2.86. The molecule has 0 atom stereocenters. The minimum atomic E-state index is 0.707. The zero-order valence-electron chi connectivity index (χ0n) is 13.2. The van der Waals surface area contributed by atoms with Gasteiger partial charge in [0.15, 0.2) is 5.82 Å². The van der Waals surface area contributed by atoms with Gasteiger partial charge in [-0.2, -0.15) is 0 Å². The maximum Gasteiger partial charge on any atom is 0.160 e. The van der Waals surface area contributed by atoms with Crippen molar-refractivity contribution in [1.82, 2.24) is 9.97 Å². The highest BCUT2D eigenvalue weighted by molar-refractivity contribution is 6.30. The Hall–Kier alpha value is -2.71. The number of aryl methyl sites for hydroxylation is 1. The van der Waals surface area contributed by atoms with E-state index in [2.05, 4.69) is 37.3 Å². The fraction of sp³-hybridized carbons (Fsp3) is 0.0476. The van der Waals surface area contributed by atoms with E-state index in [0.29, 0.717) is 10.8 Å². The molecule has 0 aliphatic carbocycles. The van der Waals surface area contributed by atoms with Gasteiger partial charge in [-0.25, -0.2) is 9.97 Å². The highest BCUT2D eigenvalue weighted by Gasteiger charge is 2.11. The molecule has 0 aliphatic rings. The number of para-hydroxylation sites is 1. The number of benzene rings is 3. The van der Waals surface area contributed by atoms with Crippen molar-refractivity contribution in [2.45, 2.75) is 6.92 Å². The van der Waals surface area contributed by atoms with Crippen molar-refractivity contribution in [3.05, 3.63) is 83.4 Å². The quantitative estimate of drug-likeness (QED) is 0.455. The number of fused-ring (bicyclic) bond motifs is 1. The average molecular weight is 331 g/mol. The van der Waals surface area contributed by atoms with E-state index in [1.807, 2.05) is 42.5 Å². The zero-order chi connectivity index (χ0) is 16.5. The van der Waals surface area contributed by atoms with Crippen molar-refractivity contribution in [3.8, 4) is 22.6 Å². The lowest BCUT2D eigenvalue weighted by Gasteiger charge is -2.09. The first-order valence-corrected chi connectivity index (χ1v) is 8.18. The summed E-state index contributed by atoms with van der Waals surface area (Å²) in [6.45, 7) is 2.08. The van der Waals surface area contributed by atoms with Gasteiger partial charge in [0, 0.05) is 21.5 Å². The molecule has 0 radical (unpaired) electrons. The van der Waals surface area contributed by atoms with Crippen LogP contribution in [-0.4, -0.2) is 9.97 Å². The molecule has 3 aromatic carbocycles. The molecule has 4 rings (SSSR count). The molecule has 0 bridgehead atoms. The second-order valence-electron chi connectivity index (χ2n) is 5.79. The third-order valence-electron chi connectivity index (χ3n) is 4.03. The van der Waals surface area contributed by atoms with Crippen LogP contribution < -0.4 is 0 Å². The highest BCUT2D eigenvalue weighted by Crippen LogP contribution is 2.29. The molecule has 0 saturated heterocycles. The molecule has 3 heteroatoms. The normalized spacial score (nSPS) is 10.9. The monoisotopic (exact) mass is 330 g/mol. The van der Waals surface area contributed by atoms with Crippen molar-refractivity contribution < 1.29 is 0 Å². The molecule has 0 saturated carbocycles. The molecule has 24 heavy (non-hydrogen) atoms. The van der Waals surface area contributed by atoms with Crippen LogP contribution in [0.3, 0.4) is 0 Å². The molecule has 2 nitrogen and oxygen atoms in total. The third kappa shape index (κ3) is 2.77. The molecular formula is C21H15ClN2. The Bertz CT molecular complexity index is 1010. The van der Waals surface area contributed by atoms with Crippen molar-refractivity contribution >= 4 is 22.5 Å². The summed E-state index contributed by atoms with van der Waals surface area (Å²) in [5, 5.41) is 1.76. The number of nitrogens with zero attached hydrogens (tertiary/aromatic N) is 2. The predicted molar refractivity (Wildman–Crippen MR) is 100 cm³/mol. The van der Waals surface area contributed by atoms with Crippen molar-refractivity contribution in [2.75, 3.05) is 0 Å². The number of hydrogen-bond donors (Lipinski definition) is 0. The Kier molecular flexibility index (Phi) is 3.75. The minimum absolute atomic E-state index is 0.707. The van der Waals surface area contributed by atoms with Crippen molar-refractivity contribution in [2.24, 2.45) is 0 Å². The summed E-state index contributed by atoms with van der Waals surface area (Å²) in [5.41, 5.74) is 5.17. The van der Waals surface area contributed by atoms with Gasteiger partial charge >= 0.3 is 0 Å². The minimum Gasteiger partial charge on any atom is -0.228 e. The maximum absolute atomic E-state index is 6.00. The van der Waals surface area contributed by atoms with Gasteiger partial charge in [-0.1, -0.05) is 59.6 Å². The first-order chi connectivity index (χ1) is 11.7. The van der Waals surface area contributed by atoms with E-state index in [9.17, 15) is 0 Å². The summed E-state index contributed by atoms with van der Waals surface area (Å²) < 4.78 is 0. The van der Waals surface area contributed by atoms with Crippen LogP contribution in [0.4, 0.5) is 0 Å². The Labute approximate surface area is 145 Å². The third-order valence-corrected chi connectivity index (χ3v) is 4.28. The summed E-state index contributed by atoms with van der Waals surface area (Å²) in [4.78, 5) is 9.57. The molecule has 1 heterocycles. The average Bonchev–Trinajstić information content (AvgIpc) is 2.62. The Morgan fingerprint density at radius 1 is 0.708 bits per heavy atom. The molecule has 0 spiro atoms. The number of halogens is 1. The van der Waals surface area contributed by atoms with Crippen LogP contribution in [0.15, 0.2) is 72.8 Å². The predicted octanol–water partition coefficient (Wildman–Crippen LogP) is 5.93. The van der Waals surface area contributed by atoms with E-state index in [-0.39, 0.29) is 0 Å². The molecule has 0 fully saturated rings. The summed E-state index contributed by atoms with van der Waals surface area (Å²) in [6, 6.07) is 24.2. The van der Waals surface area contributed by atoms with E-state index in [4.69, 9.17) is 21.6 Å². The highest BCUT2D eigenvalue weighted by atomic mass is 35.5. The maximum atomic E-state index is 6.00. The molecule has 0 amide bonds. The van der Waals surface area contributed by atoms with Crippen molar-refractivity contribution in [3.63, 3.8) is 0 Å². The first-order valence-electron chi connectivity index (χ1n) is 7.80. The summed E-state index contributed by atoms with van der Waals surface area (Å²) in [5.74, 6) is 0.709. The number of hydrogen-bond acceptors (Lipinski definition) is 2. The molecule has 0 unspecified atom stereocenters. The lowest BCUT2D eigenvalue weighted by atomic mass is 10.0. The van der Waals surface area contributed by atoms with E-state index < -0.39 is 0 Å². The van der Waals surface area contributed by atoms with Gasteiger partial charge in [0.05, 0.1) is 11.2 Å². The molecule has 116 valence electrons. The lowest BCUT2D eigenvalue weighted by molar-refractivity contribution is 1.23. The molecule has 4 aromatic rings. The summed E-state index contributed by atoms with van der Waals surface area (Å²) in [7, 11) is 0. The molecule has 1 aromatic heterocycles. The first kappa shape index (κ1) is 14.9. The number of rotatable bonds is 2. The summed E-state index contributed by atoms with van der Waals surface area (Å²) in [6.07, 6.45) is 0. The van der Waals surface area contributed by atoms with Gasteiger partial charge in [-0.15, -0.1) is 0 Å². The van der Waals surface area contributed by atoms with Gasteiger partial charge in [-0.3, -0.25) is 0 Å². The zero-order valence-corrected chi connectivity index (χ0v) is 14.0. The van der Waals surface area contributed by atoms with Gasteiger partial charge in [0.1, 0.15) is 0 Å². The van der Waals surface area contributed by atoms with Crippen LogP contribution in [0.25, 0.3) is 33.5 Å². The van der Waals surface area contributed by atoms with Crippen LogP contribution in [-0.2, 0) is 0 Å². The van der Waals surface area contributed by atoms with E-state index in [0.717, 1.165) is 27.7 Å². The topological polar surface area (TPSA) is 25.8 Å². The van der Waals surface area contributed by atoms with E-state index >= 15 is 0 Å². The van der Waals surface area contributed by atoms with Gasteiger partial charge < -0.3 is 0 Å². The summed E-state index contributed by atoms with van der Waals surface area (Å²) >= 11 is 6.00. The van der Waals surface area contributed by atoms with Crippen LogP contribution in [0.1, 0.15) is 5.56 Å². The van der Waals surface area contributed by atoms with Crippen LogP contribution in [0.2, 0.25) is 5.02 Å². The van der Waals surface area contributed by atoms with Crippen LogP contribution in [0, 0.1) is 6.92 Å². The lowest BCUT2D eigenvalue weighted by Crippen LogP contribution is -1.95. The van der Waals surface area contributed by atoms with Crippen molar-refractivity contribution in [1.29, 1.82) is 0 Å². The second-order valence-corrected chi connectivity index (χ2v) is 6.22. The molecule has 0 N–H and O–H groups in total. The molecule has 0 aliphatic heterocycles. The number of aromatic nitrogens is 2. The fourth-order valence-electron chi connectivity index (χ4n) is 2.74. The van der Waals surface area contributed by atoms with Crippen LogP contribution >= 0.6 is 11.6 Å². The second kappa shape index (κ2) is 6.06. The van der Waals surface area contributed by atoms with Gasteiger partial charge in [0.2, 0.25) is 0 Å². The molecular weight excluding hydrogens is 316 g/mol. The van der Waals surface area contributed by atoms with E-state index in [1.54, 1.807) is 0 Å². The Morgan fingerprint density at radius 2 is 1.38 bits per heavy atom. The SMILES string of the molecule is Cc1ccc(-c2nc(-c3ccc(Cl)cc3)nc3ccccc23)cc1.